The van der Waals surface area contributed by atoms with Gasteiger partial charge in [-0.05, 0) is 36.8 Å². The molecule has 0 unspecified atom stereocenters. The van der Waals surface area contributed by atoms with E-state index in [9.17, 15) is 23.2 Å². The molecule has 0 bridgehead atoms. The van der Waals surface area contributed by atoms with Crippen LogP contribution in [-0.2, 0) is 6.18 Å². The average molecular weight is 372 g/mol. The van der Waals surface area contributed by atoms with Crippen molar-refractivity contribution < 1.29 is 17.9 Å². The Morgan fingerprint density at radius 1 is 1.19 bits per heavy atom. The van der Waals surface area contributed by atoms with Crippen molar-refractivity contribution in [1.82, 2.24) is 15.0 Å². The molecule has 0 fully saturated rings. The van der Waals surface area contributed by atoms with Crippen LogP contribution in [0.3, 0.4) is 0 Å². The number of aromatic nitrogens is 3. The van der Waals surface area contributed by atoms with Crippen LogP contribution >= 0.6 is 0 Å². The maximum atomic E-state index is 12.7. The zero-order valence-electron chi connectivity index (χ0n) is 13.8. The number of aromatic amines is 1. The minimum absolute atomic E-state index is 0.0320. The van der Waals surface area contributed by atoms with Gasteiger partial charge in [0.15, 0.2) is 5.69 Å². The molecule has 2 heterocycles. The first-order valence-electron chi connectivity index (χ1n) is 7.60. The highest BCUT2D eigenvalue weighted by atomic mass is 19.4. The van der Waals surface area contributed by atoms with E-state index in [1.165, 1.54) is 12.1 Å². The maximum Gasteiger partial charge on any atom is 0.433 e. The minimum Gasteiger partial charge on any atom is -0.424 e. The van der Waals surface area contributed by atoms with Gasteiger partial charge in [-0.3, -0.25) is 4.79 Å². The number of alkyl halides is 3. The van der Waals surface area contributed by atoms with E-state index in [4.69, 9.17) is 4.74 Å². The van der Waals surface area contributed by atoms with E-state index in [1.807, 2.05) is 6.07 Å². The van der Waals surface area contributed by atoms with Crippen LogP contribution in [0.5, 0.6) is 11.8 Å². The summed E-state index contributed by atoms with van der Waals surface area (Å²) < 4.78 is 43.3. The van der Waals surface area contributed by atoms with Crippen LogP contribution < -0.4 is 10.3 Å². The van der Waals surface area contributed by atoms with Gasteiger partial charge in [0.1, 0.15) is 17.4 Å². The minimum atomic E-state index is -4.60. The molecule has 3 aromatic rings. The van der Waals surface area contributed by atoms with E-state index < -0.39 is 23.4 Å². The summed E-state index contributed by atoms with van der Waals surface area (Å²) in [5.41, 5.74) is -0.0205. The predicted octanol–water partition coefficient (Wildman–Crippen LogP) is 3.82. The van der Waals surface area contributed by atoms with Gasteiger partial charge in [-0.1, -0.05) is 12.1 Å². The number of nitrogens with one attached hydrogen (secondary N) is 1. The van der Waals surface area contributed by atoms with Gasteiger partial charge in [-0.2, -0.15) is 23.4 Å². The standard InChI is InChI=1S/C18H11F3N4O2/c1-10-8-13(14(9-22)16(26)24-10)11-2-4-12(5-3-11)27-17-23-7-6-15(25-17)18(19,20)21/h2-8H,1H3,(H,24,26). The molecule has 0 saturated carbocycles. The fraction of sp³-hybridized carbons (Fsp3) is 0.111. The van der Waals surface area contributed by atoms with E-state index in [0.29, 0.717) is 16.8 Å². The lowest BCUT2D eigenvalue weighted by Gasteiger charge is -2.09. The van der Waals surface area contributed by atoms with Gasteiger partial charge in [-0.25, -0.2) is 4.98 Å². The van der Waals surface area contributed by atoms with Crippen molar-refractivity contribution in [2.24, 2.45) is 0 Å². The highest BCUT2D eigenvalue weighted by Crippen LogP contribution is 2.30. The maximum absolute atomic E-state index is 12.7. The molecule has 0 atom stereocenters. The van der Waals surface area contributed by atoms with Crippen molar-refractivity contribution in [3.05, 3.63) is 69.9 Å². The number of H-pyrrole nitrogens is 1. The van der Waals surface area contributed by atoms with Gasteiger partial charge < -0.3 is 9.72 Å². The Balaban J connectivity index is 1.90. The van der Waals surface area contributed by atoms with E-state index in [-0.39, 0.29) is 11.3 Å². The van der Waals surface area contributed by atoms with Crippen molar-refractivity contribution >= 4 is 0 Å². The predicted molar refractivity (Wildman–Crippen MR) is 89.1 cm³/mol. The molecule has 1 N–H and O–H groups in total. The molecule has 27 heavy (non-hydrogen) atoms. The van der Waals surface area contributed by atoms with Gasteiger partial charge in [0.05, 0.1) is 0 Å². The van der Waals surface area contributed by atoms with E-state index >= 15 is 0 Å². The summed E-state index contributed by atoms with van der Waals surface area (Å²) in [5, 5.41) is 9.19. The molecule has 2 aromatic heterocycles. The van der Waals surface area contributed by atoms with Crippen LogP contribution in [0.25, 0.3) is 11.1 Å². The van der Waals surface area contributed by atoms with Crippen LogP contribution in [0.1, 0.15) is 17.0 Å². The van der Waals surface area contributed by atoms with E-state index in [2.05, 4.69) is 15.0 Å². The van der Waals surface area contributed by atoms with Gasteiger partial charge >= 0.3 is 12.2 Å². The Kier molecular flexibility index (Phi) is 4.64. The first-order chi connectivity index (χ1) is 12.8. The second-order valence-electron chi connectivity index (χ2n) is 5.53. The number of hydrogen-bond donors (Lipinski definition) is 1. The molecule has 3 rings (SSSR count). The van der Waals surface area contributed by atoms with Crippen molar-refractivity contribution in [2.45, 2.75) is 13.1 Å². The summed E-state index contributed by atoms with van der Waals surface area (Å²) >= 11 is 0. The average Bonchev–Trinajstić information content (AvgIpc) is 2.61. The zero-order chi connectivity index (χ0) is 19.6. The first-order valence-corrected chi connectivity index (χ1v) is 7.60. The number of nitrogens with zero attached hydrogens (tertiary/aromatic N) is 3. The second-order valence-corrected chi connectivity index (χ2v) is 5.53. The molecule has 0 aliphatic rings. The summed E-state index contributed by atoms with van der Waals surface area (Å²) in [4.78, 5) is 21.4. The Morgan fingerprint density at radius 2 is 1.89 bits per heavy atom. The monoisotopic (exact) mass is 372 g/mol. The van der Waals surface area contributed by atoms with Crippen molar-refractivity contribution in [1.29, 1.82) is 5.26 Å². The molecule has 0 aliphatic carbocycles. The number of benzene rings is 1. The lowest BCUT2D eigenvalue weighted by molar-refractivity contribution is -0.141. The summed E-state index contributed by atoms with van der Waals surface area (Å²) in [7, 11) is 0. The van der Waals surface area contributed by atoms with Crippen molar-refractivity contribution in [2.75, 3.05) is 0 Å². The van der Waals surface area contributed by atoms with Crippen LogP contribution in [0.2, 0.25) is 0 Å². The van der Waals surface area contributed by atoms with Gasteiger partial charge in [0, 0.05) is 17.5 Å². The molecule has 9 heteroatoms. The second kappa shape index (κ2) is 6.92. The number of hydrogen-bond acceptors (Lipinski definition) is 5. The third-order valence-corrected chi connectivity index (χ3v) is 3.58. The highest BCUT2D eigenvalue weighted by Gasteiger charge is 2.33. The van der Waals surface area contributed by atoms with Crippen molar-refractivity contribution in [3.63, 3.8) is 0 Å². The molecule has 136 valence electrons. The zero-order valence-corrected chi connectivity index (χ0v) is 13.8. The van der Waals surface area contributed by atoms with Crippen LogP contribution in [0, 0.1) is 18.3 Å². The highest BCUT2D eigenvalue weighted by molar-refractivity contribution is 5.70. The number of nitriles is 1. The lowest BCUT2D eigenvalue weighted by Crippen LogP contribution is -2.12. The number of ether oxygens (including phenoxy) is 1. The number of rotatable bonds is 3. The fourth-order valence-electron chi connectivity index (χ4n) is 2.38. The Labute approximate surface area is 150 Å². The molecular formula is C18H11F3N4O2. The topological polar surface area (TPSA) is 91.7 Å². The number of pyridine rings is 1. The molecule has 0 saturated heterocycles. The van der Waals surface area contributed by atoms with Gasteiger partial charge in [0.25, 0.3) is 5.56 Å². The molecule has 6 nitrogen and oxygen atoms in total. The smallest absolute Gasteiger partial charge is 0.424 e. The molecule has 1 aromatic carbocycles. The third kappa shape index (κ3) is 3.95. The Hall–Kier alpha value is -3.67. The summed E-state index contributed by atoms with van der Waals surface area (Å²) in [6.45, 7) is 1.69. The number of halogens is 3. The SMILES string of the molecule is Cc1cc(-c2ccc(Oc3nccc(C(F)(F)F)n3)cc2)c(C#N)c(=O)[nH]1. The Morgan fingerprint density at radius 3 is 2.52 bits per heavy atom. The normalized spacial score (nSPS) is 11.1. The quantitative estimate of drug-likeness (QED) is 0.755. The molecule has 0 amide bonds. The summed E-state index contributed by atoms with van der Waals surface area (Å²) in [6, 6.07) is 9.95. The van der Waals surface area contributed by atoms with E-state index in [1.54, 1.807) is 25.1 Å². The van der Waals surface area contributed by atoms with Gasteiger partial charge in [-0.15, -0.1) is 0 Å². The summed E-state index contributed by atoms with van der Waals surface area (Å²) in [6.07, 6.45) is -3.64. The molecular weight excluding hydrogens is 361 g/mol. The molecule has 0 aliphatic heterocycles. The summed E-state index contributed by atoms with van der Waals surface area (Å²) in [5.74, 6) is 0.207. The first kappa shape index (κ1) is 18.1. The largest absolute Gasteiger partial charge is 0.433 e. The van der Waals surface area contributed by atoms with Crippen LogP contribution in [0.4, 0.5) is 13.2 Å². The van der Waals surface area contributed by atoms with Gasteiger partial charge in [0.2, 0.25) is 0 Å². The Bertz CT molecular complexity index is 1080. The van der Waals surface area contributed by atoms with E-state index in [0.717, 1.165) is 12.3 Å². The molecule has 0 radical (unpaired) electrons. The third-order valence-electron chi connectivity index (χ3n) is 3.58. The van der Waals surface area contributed by atoms with Crippen LogP contribution in [-0.4, -0.2) is 15.0 Å². The lowest BCUT2D eigenvalue weighted by atomic mass is 10.0. The van der Waals surface area contributed by atoms with Crippen LogP contribution in [0.15, 0.2) is 47.4 Å². The fourth-order valence-corrected chi connectivity index (χ4v) is 2.38. The number of aryl methyl sites for hydroxylation is 1. The molecule has 0 spiro atoms. The van der Waals surface area contributed by atoms with Crippen molar-refractivity contribution in [3.8, 4) is 29.0 Å².